The average molecular weight is 502 g/mol. The van der Waals surface area contributed by atoms with Crippen LogP contribution in [0.1, 0.15) is 29.8 Å². The van der Waals surface area contributed by atoms with Crippen molar-refractivity contribution in [1.29, 1.82) is 0 Å². The Bertz CT molecular complexity index is 1310. The molecule has 0 radical (unpaired) electrons. The molecule has 7 nitrogen and oxygen atoms in total. The lowest BCUT2D eigenvalue weighted by molar-refractivity contribution is -0.139. The van der Waals surface area contributed by atoms with Gasteiger partial charge in [0.15, 0.2) is 0 Å². The molecule has 1 aliphatic heterocycles. The van der Waals surface area contributed by atoms with E-state index in [1.54, 1.807) is 69.5 Å². The summed E-state index contributed by atoms with van der Waals surface area (Å²) < 4.78 is 5.19. The Hall–Kier alpha value is -4.04. The molecular formula is C28H27N3O4S. The summed E-state index contributed by atoms with van der Waals surface area (Å²) >= 11 is 1.21. The van der Waals surface area contributed by atoms with E-state index in [0.717, 1.165) is 10.5 Å². The third-order valence-corrected chi connectivity index (χ3v) is 6.69. The smallest absolute Gasteiger partial charge is 0.278 e. The maximum absolute atomic E-state index is 13.2. The van der Waals surface area contributed by atoms with E-state index in [9.17, 15) is 14.4 Å². The molecule has 3 aromatic carbocycles. The number of nitrogens with zero attached hydrogens (tertiary/aromatic N) is 1. The highest BCUT2D eigenvalue weighted by Gasteiger charge is 2.40. The Balaban J connectivity index is 1.54. The molecule has 2 N–H and O–H groups in total. The van der Waals surface area contributed by atoms with Crippen LogP contribution >= 0.6 is 11.8 Å². The van der Waals surface area contributed by atoms with Crippen molar-refractivity contribution in [3.63, 3.8) is 0 Å². The number of hydrogen-bond acceptors (Lipinski definition) is 6. The van der Waals surface area contributed by atoms with Gasteiger partial charge < -0.3 is 15.4 Å². The van der Waals surface area contributed by atoms with Crippen LogP contribution in [0.4, 0.5) is 11.4 Å². The number of methoxy groups -OCH3 is 1. The van der Waals surface area contributed by atoms with Crippen LogP contribution in [0.15, 0.2) is 88.3 Å². The molecule has 0 fully saturated rings. The molecular weight excluding hydrogens is 474 g/mol. The first-order valence-electron chi connectivity index (χ1n) is 11.5. The normalized spacial score (nSPS) is 13.4. The molecule has 0 saturated heterocycles. The van der Waals surface area contributed by atoms with E-state index in [4.69, 9.17) is 4.74 Å². The molecule has 184 valence electrons. The third-order valence-electron chi connectivity index (χ3n) is 5.59. The minimum atomic E-state index is -0.365. The number of imide groups is 1. The molecule has 4 rings (SSSR count). The average Bonchev–Trinajstić information content (AvgIpc) is 3.10. The second-order valence-corrected chi connectivity index (χ2v) is 9.66. The molecule has 3 amide bonds. The standard InChI is InChI=1S/C28H27N3O4S/c1-17(2)31-27(33)24(29-20-9-13-22(35-4)14-10-20)25(28(31)34)36-23-15-11-21(12-16-23)30-26(32)19-7-5-18(3)6-8-19/h5-17,29H,1-4H3,(H,30,32). The highest BCUT2D eigenvalue weighted by Crippen LogP contribution is 2.37. The molecule has 1 aliphatic rings. The van der Waals surface area contributed by atoms with Crippen LogP contribution in [0.2, 0.25) is 0 Å². The lowest BCUT2D eigenvalue weighted by atomic mass is 10.1. The Kier molecular flexibility index (Phi) is 7.45. The maximum Gasteiger partial charge on any atom is 0.278 e. The molecule has 1 heterocycles. The van der Waals surface area contributed by atoms with Crippen LogP contribution < -0.4 is 15.4 Å². The minimum absolute atomic E-state index is 0.201. The maximum atomic E-state index is 13.2. The third kappa shape index (κ3) is 5.44. The van der Waals surface area contributed by atoms with Gasteiger partial charge in [-0.15, -0.1) is 0 Å². The lowest BCUT2D eigenvalue weighted by Gasteiger charge is -2.19. The molecule has 0 saturated carbocycles. The molecule has 0 spiro atoms. The van der Waals surface area contributed by atoms with Crippen LogP contribution in [-0.2, 0) is 9.59 Å². The summed E-state index contributed by atoms with van der Waals surface area (Å²) in [5.41, 5.74) is 3.19. The number of carbonyl (C=O) groups excluding carboxylic acids is 3. The van der Waals surface area contributed by atoms with Crippen LogP contribution in [0.3, 0.4) is 0 Å². The molecule has 0 aliphatic carbocycles. The van der Waals surface area contributed by atoms with Crippen molar-refractivity contribution < 1.29 is 19.1 Å². The molecule has 3 aromatic rings. The van der Waals surface area contributed by atoms with Gasteiger partial charge in [-0.25, -0.2) is 0 Å². The van der Waals surface area contributed by atoms with Gasteiger partial charge in [0, 0.05) is 27.9 Å². The zero-order valence-electron chi connectivity index (χ0n) is 20.5. The fourth-order valence-corrected chi connectivity index (χ4v) is 4.59. The van der Waals surface area contributed by atoms with Crippen LogP contribution in [0.5, 0.6) is 5.75 Å². The van der Waals surface area contributed by atoms with E-state index in [1.165, 1.54) is 16.7 Å². The molecule has 0 bridgehead atoms. The fourth-order valence-electron chi connectivity index (χ4n) is 3.65. The number of rotatable bonds is 8. The van der Waals surface area contributed by atoms with Gasteiger partial charge in [-0.05, 0) is 81.4 Å². The van der Waals surface area contributed by atoms with Gasteiger partial charge in [-0.2, -0.15) is 0 Å². The van der Waals surface area contributed by atoms with E-state index < -0.39 is 0 Å². The topological polar surface area (TPSA) is 87.7 Å². The van der Waals surface area contributed by atoms with Gasteiger partial charge in [-0.1, -0.05) is 29.5 Å². The van der Waals surface area contributed by atoms with E-state index in [2.05, 4.69) is 10.6 Å². The first-order chi connectivity index (χ1) is 17.3. The Morgan fingerprint density at radius 2 is 1.47 bits per heavy atom. The van der Waals surface area contributed by atoms with E-state index in [1.807, 2.05) is 31.2 Å². The van der Waals surface area contributed by atoms with Gasteiger partial charge >= 0.3 is 0 Å². The van der Waals surface area contributed by atoms with E-state index in [-0.39, 0.29) is 29.5 Å². The van der Waals surface area contributed by atoms with Gasteiger partial charge in [0.05, 0.1) is 7.11 Å². The van der Waals surface area contributed by atoms with E-state index >= 15 is 0 Å². The van der Waals surface area contributed by atoms with Crippen molar-refractivity contribution in [2.75, 3.05) is 17.7 Å². The Labute approximate surface area is 214 Å². The van der Waals surface area contributed by atoms with Crippen LogP contribution in [0.25, 0.3) is 0 Å². The second kappa shape index (κ2) is 10.7. The Morgan fingerprint density at radius 1 is 0.861 bits per heavy atom. The van der Waals surface area contributed by atoms with Crippen molar-refractivity contribution >= 4 is 40.9 Å². The number of benzene rings is 3. The number of carbonyl (C=O) groups is 3. The number of nitrogens with one attached hydrogen (secondary N) is 2. The highest BCUT2D eigenvalue weighted by atomic mass is 32.2. The van der Waals surface area contributed by atoms with Gasteiger partial charge in [0.25, 0.3) is 17.7 Å². The SMILES string of the molecule is COc1ccc(NC2=C(Sc3ccc(NC(=O)c4ccc(C)cc4)cc3)C(=O)N(C(C)C)C2=O)cc1. The monoisotopic (exact) mass is 501 g/mol. The summed E-state index contributed by atoms with van der Waals surface area (Å²) in [4.78, 5) is 41.1. The largest absolute Gasteiger partial charge is 0.497 e. The molecule has 0 unspecified atom stereocenters. The Morgan fingerprint density at radius 3 is 2.06 bits per heavy atom. The van der Waals surface area contributed by atoms with Crippen molar-refractivity contribution in [1.82, 2.24) is 4.90 Å². The number of thioether (sulfide) groups is 1. The number of ether oxygens (including phenoxy) is 1. The highest BCUT2D eigenvalue weighted by molar-refractivity contribution is 8.04. The zero-order valence-corrected chi connectivity index (χ0v) is 21.3. The van der Waals surface area contributed by atoms with Crippen LogP contribution in [-0.4, -0.2) is 35.8 Å². The van der Waals surface area contributed by atoms with Crippen molar-refractivity contribution in [2.45, 2.75) is 31.7 Å². The molecule has 36 heavy (non-hydrogen) atoms. The van der Waals surface area contributed by atoms with Gasteiger partial charge in [0.2, 0.25) is 0 Å². The van der Waals surface area contributed by atoms with Gasteiger partial charge in [0.1, 0.15) is 16.4 Å². The summed E-state index contributed by atoms with van der Waals surface area (Å²) in [6.07, 6.45) is 0. The second-order valence-electron chi connectivity index (χ2n) is 8.58. The first-order valence-corrected chi connectivity index (χ1v) is 12.3. The summed E-state index contributed by atoms with van der Waals surface area (Å²) in [7, 11) is 1.58. The zero-order chi connectivity index (χ0) is 25.8. The lowest BCUT2D eigenvalue weighted by Crippen LogP contribution is -2.38. The number of anilines is 2. The van der Waals surface area contributed by atoms with Crippen molar-refractivity contribution in [3.8, 4) is 5.75 Å². The predicted molar refractivity (Wildman–Crippen MR) is 142 cm³/mol. The van der Waals surface area contributed by atoms with Gasteiger partial charge in [-0.3, -0.25) is 19.3 Å². The summed E-state index contributed by atoms with van der Waals surface area (Å²) in [6, 6.07) is 21.3. The summed E-state index contributed by atoms with van der Waals surface area (Å²) in [5.74, 6) is -0.215. The molecule has 0 atom stereocenters. The summed E-state index contributed by atoms with van der Waals surface area (Å²) in [6.45, 7) is 5.58. The number of aryl methyl sites for hydroxylation is 1. The predicted octanol–water partition coefficient (Wildman–Crippen LogP) is 5.45. The quantitative estimate of drug-likeness (QED) is 0.399. The molecule has 0 aromatic heterocycles. The molecule has 8 heteroatoms. The van der Waals surface area contributed by atoms with Crippen molar-refractivity contribution in [2.24, 2.45) is 0 Å². The first kappa shape index (κ1) is 25.1. The van der Waals surface area contributed by atoms with Crippen molar-refractivity contribution in [3.05, 3.63) is 94.5 Å². The number of hydrogen-bond donors (Lipinski definition) is 2. The number of amides is 3. The van der Waals surface area contributed by atoms with Crippen LogP contribution in [0, 0.1) is 6.92 Å². The van der Waals surface area contributed by atoms with E-state index in [0.29, 0.717) is 27.6 Å². The minimum Gasteiger partial charge on any atom is -0.497 e. The fraction of sp³-hybridized carbons (Fsp3) is 0.179. The summed E-state index contributed by atoms with van der Waals surface area (Å²) in [5, 5.41) is 6.00.